The molecule has 0 aromatic heterocycles. The highest BCUT2D eigenvalue weighted by Gasteiger charge is 2.16. The van der Waals surface area contributed by atoms with E-state index in [2.05, 4.69) is 0 Å². The van der Waals surface area contributed by atoms with E-state index >= 15 is 0 Å². The predicted molar refractivity (Wildman–Crippen MR) is 53.9 cm³/mol. The molecule has 0 aliphatic heterocycles. The number of benzene rings is 1. The maximum absolute atomic E-state index is 13.3. The van der Waals surface area contributed by atoms with Crippen molar-refractivity contribution in [1.29, 1.82) is 0 Å². The summed E-state index contributed by atoms with van der Waals surface area (Å²) < 4.78 is 18.3. The molecule has 0 aliphatic carbocycles. The molecule has 1 aromatic carbocycles. The molecule has 1 aromatic rings. The molecule has 0 saturated heterocycles. The molecule has 1 atom stereocenters. The third-order valence-electron chi connectivity index (χ3n) is 2.12. The largest absolute Gasteiger partial charge is 0.496 e. The van der Waals surface area contributed by atoms with Crippen LogP contribution in [0.1, 0.15) is 24.2 Å². The van der Waals surface area contributed by atoms with E-state index in [1.54, 1.807) is 18.2 Å². The highest BCUT2D eigenvalue weighted by molar-refractivity contribution is 5.71. The van der Waals surface area contributed by atoms with Crippen LogP contribution in [0, 0.1) is 0 Å². The average molecular weight is 212 g/mol. The molecule has 0 radical (unpaired) electrons. The average Bonchev–Trinajstić information content (AvgIpc) is 2.15. The lowest BCUT2D eigenvalue weighted by molar-refractivity contribution is -0.136. The van der Waals surface area contributed by atoms with Crippen molar-refractivity contribution in [2.45, 2.75) is 19.5 Å². The monoisotopic (exact) mass is 212 g/mol. The van der Waals surface area contributed by atoms with Gasteiger partial charge in [0.15, 0.2) is 0 Å². The first-order valence-electron chi connectivity index (χ1n) is 4.58. The van der Waals surface area contributed by atoms with Crippen LogP contribution in [0.4, 0.5) is 4.39 Å². The number of aliphatic carboxylic acids is 1. The number of carboxylic acid groups (broad SMARTS) is 1. The topological polar surface area (TPSA) is 46.5 Å². The van der Waals surface area contributed by atoms with E-state index in [0.717, 1.165) is 0 Å². The number of hydrogen-bond acceptors (Lipinski definition) is 2. The summed E-state index contributed by atoms with van der Waals surface area (Å²) in [6.07, 6.45) is -1.43. The Morgan fingerprint density at radius 1 is 1.60 bits per heavy atom. The zero-order valence-corrected chi connectivity index (χ0v) is 8.66. The van der Waals surface area contributed by atoms with Gasteiger partial charge in [-0.15, -0.1) is 0 Å². The van der Waals surface area contributed by atoms with Crippen molar-refractivity contribution in [3.8, 4) is 5.75 Å². The summed E-state index contributed by atoms with van der Waals surface area (Å²) in [7, 11) is 1.44. The number of ether oxygens (including phenoxy) is 1. The van der Waals surface area contributed by atoms with Crippen LogP contribution in [0.3, 0.4) is 0 Å². The van der Waals surface area contributed by atoms with Crippen LogP contribution in [0.25, 0.3) is 0 Å². The van der Waals surface area contributed by atoms with E-state index in [1.807, 2.05) is 0 Å². The number of hydrogen-bond donors (Lipinski definition) is 1. The van der Waals surface area contributed by atoms with Gasteiger partial charge in [-0.1, -0.05) is 12.1 Å². The van der Waals surface area contributed by atoms with E-state index in [0.29, 0.717) is 16.9 Å². The number of alkyl halides is 1. The van der Waals surface area contributed by atoms with E-state index in [4.69, 9.17) is 9.84 Å². The van der Waals surface area contributed by atoms with Gasteiger partial charge in [0.25, 0.3) is 0 Å². The van der Waals surface area contributed by atoms with Crippen molar-refractivity contribution < 1.29 is 19.0 Å². The second-order valence-electron chi connectivity index (χ2n) is 3.22. The van der Waals surface area contributed by atoms with Crippen molar-refractivity contribution >= 4 is 5.97 Å². The third kappa shape index (κ3) is 2.68. The lowest BCUT2D eigenvalue weighted by atomic mass is 10.0. The molecule has 0 spiro atoms. The molecule has 1 unspecified atom stereocenters. The maximum atomic E-state index is 13.3. The first-order valence-corrected chi connectivity index (χ1v) is 4.58. The lowest BCUT2D eigenvalue weighted by Crippen LogP contribution is -2.05. The van der Waals surface area contributed by atoms with Gasteiger partial charge in [0.1, 0.15) is 11.9 Å². The fraction of sp³-hybridized carbons (Fsp3) is 0.364. The van der Waals surface area contributed by atoms with Gasteiger partial charge in [-0.25, -0.2) is 4.39 Å². The van der Waals surface area contributed by atoms with Crippen LogP contribution in [0.15, 0.2) is 18.2 Å². The fourth-order valence-corrected chi connectivity index (χ4v) is 1.54. The summed E-state index contributed by atoms with van der Waals surface area (Å²) in [5, 5.41) is 8.67. The van der Waals surface area contributed by atoms with Crippen molar-refractivity contribution in [2.24, 2.45) is 0 Å². The Morgan fingerprint density at radius 2 is 2.27 bits per heavy atom. The highest BCUT2D eigenvalue weighted by atomic mass is 19.1. The molecule has 0 heterocycles. The summed E-state index contributed by atoms with van der Waals surface area (Å²) in [6.45, 7) is 1.36. The molecule has 1 rings (SSSR count). The fourth-order valence-electron chi connectivity index (χ4n) is 1.54. The number of rotatable bonds is 4. The molecular weight excluding hydrogens is 199 g/mol. The molecule has 0 aliphatic rings. The summed E-state index contributed by atoms with van der Waals surface area (Å²) in [4.78, 5) is 10.6. The van der Waals surface area contributed by atoms with Crippen LogP contribution in [-0.4, -0.2) is 18.2 Å². The Hall–Kier alpha value is -1.58. The molecule has 0 amide bonds. The van der Waals surface area contributed by atoms with Gasteiger partial charge in [-0.05, 0) is 18.6 Å². The normalized spacial score (nSPS) is 12.2. The molecule has 0 fully saturated rings. The van der Waals surface area contributed by atoms with Gasteiger partial charge in [-0.3, -0.25) is 4.79 Å². The zero-order chi connectivity index (χ0) is 11.4. The molecule has 0 bridgehead atoms. The van der Waals surface area contributed by atoms with Gasteiger partial charge >= 0.3 is 5.97 Å². The molecule has 3 nitrogen and oxygen atoms in total. The van der Waals surface area contributed by atoms with Gasteiger partial charge in [0, 0.05) is 5.56 Å². The number of halogens is 1. The Morgan fingerprint density at radius 3 is 2.73 bits per heavy atom. The highest BCUT2D eigenvalue weighted by Crippen LogP contribution is 2.31. The Kier molecular flexibility index (Phi) is 3.66. The summed E-state index contributed by atoms with van der Waals surface area (Å²) in [6, 6.07) is 4.88. The predicted octanol–water partition coefficient (Wildman–Crippen LogP) is 2.35. The number of carbonyl (C=O) groups is 1. The smallest absolute Gasteiger partial charge is 0.307 e. The quantitative estimate of drug-likeness (QED) is 0.833. The van der Waals surface area contributed by atoms with Crippen LogP contribution >= 0.6 is 0 Å². The van der Waals surface area contributed by atoms with Crippen LogP contribution in [0.2, 0.25) is 0 Å². The molecule has 4 heteroatoms. The summed E-state index contributed by atoms with van der Waals surface area (Å²) in [5.41, 5.74) is 0.777. The number of methoxy groups -OCH3 is 1. The molecule has 0 saturated carbocycles. The second-order valence-corrected chi connectivity index (χ2v) is 3.22. The van der Waals surface area contributed by atoms with Crippen LogP contribution in [-0.2, 0) is 11.2 Å². The van der Waals surface area contributed by atoms with Gasteiger partial charge < -0.3 is 9.84 Å². The third-order valence-corrected chi connectivity index (χ3v) is 2.12. The minimum Gasteiger partial charge on any atom is -0.496 e. The van der Waals surface area contributed by atoms with Crippen molar-refractivity contribution in [3.05, 3.63) is 29.3 Å². The first kappa shape index (κ1) is 11.5. The summed E-state index contributed by atoms with van der Waals surface area (Å²) >= 11 is 0. The molecule has 82 valence electrons. The van der Waals surface area contributed by atoms with E-state index in [9.17, 15) is 9.18 Å². The SMILES string of the molecule is COc1cccc(CC(=O)O)c1C(C)F. The van der Waals surface area contributed by atoms with Crippen molar-refractivity contribution in [3.63, 3.8) is 0 Å². The van der Waals surface area contributed by atoms with Gasteiger partial charge in [-0.2, -0.15) is 0 Å². The first-order chi connectivity index (χ1) is 7.06. The second kappa shape index (κ2) is 4.77. The van der Waals surface area contributed by atoms with Crippen LogP contribution in [0.5, 0.6) is 5.75 Å². The van der Waals surface area contributed by atoms with Crippen molar-refractivity contribution in [1.82, 2.24) is 0 Å². The van der Waals surface area contributed by atoms with Crippen LogP contribution < -0.4 is 4.74 Å². The van der Waals surface area contributed by atoms with E-state index < -0.39 is 12.1 Å². The molecule has 15 heavy (non-hydrogen) atoms. The summed E-state index contributed by atoms with van der Waals surface area (Å²) in [5.74, 6) is -0.589. The van der Waals surface area contributed by atoms with Gasteiger partial charge in [0.05, 0.1) is 13.5 Å². The molecule has 1 N–H and O–H groups in total. The molecular formula is C11H13FO3. The minimum absolute atomic E-state index is 0.194. The number of carboxylic acids is 1. The van der Waals surface area contributed by atoms with E-state index in [-0.39, 0.29) is 6.42 Å². The zero-order valence-electron chi connectivity index (χ0n) is 8.66. The van der Waals surface area contributed by atoms with Gasteiger partial charge in [0.2, 0.25) is 0 Å². The Balaban J connectivity index is 3.19. The Bertz CT molecular complexity index is 361. The Labute approximate surface area is 87.5 Å². The minimum atomic E-state index is -1.24. The maximum Gasteiger partial charge on any atom is 0.307 e. The van der Waals surface area contributed by atoms with E-state index in [1.165, 1.54) is 14.0 Å². The lowest BCUT2D eigenvalue weighted by Gasteiger charge is -2.13. The standard InChI is InChI=1S/C11H13FO3/c1-7(12)11-8(6-10(13)14)4-3-5-9(11)15-2/h3-5,7H,6H2,1-2H3,(H,13,14). The van der Waals surface area contributed by atoms with Crippen molar-refractivity contribution in [2.75, 3.05) is 7.11 Å².